The molecule has 4 unspecified atom stereocenters. The molecule has 0 saturated heterocycles. The van der Waals surface area contributed by atoms with Crippen molar-refractivity contribution in [3.8, 4) is 0 Å². The van der Waals surface area contributed by atoms with Gasteiger partial charge in [0.2, 0.25) is 0 Å². The van der Waals surface area contributed by atoms with E-state index in [4.69, 9.17) is 28.4 Å². The largest absolute Gasteiger partial charge is 0.460 e. The first-order chi connectivity index (χ1) is 16.3. The van der Waals surface area contributed by atoms with Gasteiger partial charge in [0.25, 0.3) is 0 Å². The van der Waals surface area contributed by atoms with Crippen LogP contribution < -0.4 is 0 Å². The zero-order valence-corrected chi connectivity index (χ0v) is 22.5. The molecule has 34 heavy (non-hydrogen) atoms. The number of unbranched alkanes of at least 4 members (excludes halogenated alkanes) is 3. The number of hydrogen-bond donors (Lipinski definition) is 0. The molecule has 0 aliphatic carbocycles. The van der Waals surface area contributed by atoms with Crippen molar-refractivity contribution in [1.82, 2.24) is 0 Å². The van der Waals surface area contributed by atoms with E-state index in [1.807, 2.05) is 27.7 Å². The Hall–Kier alpha value is -1.22. The van der Waals surface area contributed by atoms with Crippen LogP contribution in [0.4, 0.5) is 0 Å². The molecule has 0 aliphatic heterocycles. The molecule has 0 aliphatic rings. The van der Waals surface area contributed by atoms with Crippen molar-refractivity contribution >= 4 is 11.9 Å². The fraction of sp³-hybridized carbons (Fsp3) is 0.923. The van der Waals surface area contributed by atoms with E-state index in [1.54, 1.807) is 0 Å². The summed E-state index contributed by atoms with van der Waals surface area (Å²) >= 11 is 0. The standard InChI is InChI=1S/C26H50O8/c1-7-9-15-29-17-21(3)31-19-23(5)33-25(27)13-11-12-14-26(28)34-24(6)20-32-22(4)18-30-16-10-8-2/h21-24H,7-20H2,1-6H3. The lowest BCUT2D eigenvalue weighted by atomic mass is 10.2. The Kier molecular flexibility index (Phi) is 21.5. The van der Waals surface area contributed by atoms with E-state index in [-0.39, 0.29) is 49.2 Å². The van der Waals surface area contributed by atoms with Gasteiger partial charge < -0.3 is 28.4 Å². The first kappa shape index (κ1) is 32.8. The van der Waals surface area contributed by atoms with Crippen molar-refractivity contribution in [1.29, 1.82) is 0 Å². The van der Waals surface area contributed by atoms with Crippen LogP contribution in [0.2, 0.25) is 0 Å². The average Bonchev–Trinajstić information content (AvgIpc) is 2.79. The molecule has 0 spiro atoms. The zero-order valence-electron chi connectivity index (χ0n) is 22.5. The van der Waals surface area contributed by atoms with Crippen molar-refractivity contribution in [3.05, 3.63) is 0 Å². The second-order valence-corrected chi connectivity index (χ2v) is 8.95. The van der Waals surface area contributed by atoms with Crippen LogP contribution in [-0.2, 0) is 38.0 Å². The number of esters is 2. The highest BCUT2D eigenvalue weighted by molar-refractivity contribution is 5.70. The minimum atomic E-state index is -0.323. The van der Waals surface area contributed by atoms with Crippen LogP contribution in [0.5, 0.6) is 0 Å². The third-order valence-electron chi connectivity index (χ3n) is 4.90. The van der Waals surface area contributed by atoms with E-state index in [9.17, 15) is 9.59 Å². The van der Waals surface area contributed by atoms with E-state index in [1.165, 1.54) is 0 Å². The molecule has 0 N–H and O–H groups in total. The molecule has 8 nitrogen and oxygen atoms in total. The highest BCUT2D eigenvalue weighted by atomic mass is 16.6. The van der Waals surface area contributed by atoms with Crippen molar-refractivity contribution in [3.63, 3.8) is 0 Å². The van der Waals surface area contributed by atoms with Crippen LogP contribution in [-0.4, -0.2) is 76.0 Å². The van der Waals surface area contributed by atoms with Gasteiger partial charge in [-0.05, 0) is 53.4 Å². The Bertz CT molecular complexity index is 455. The fourth-order valence-electron chi connectivity index (χ4n) is 2.86. The molecule has 0 aromatic rings. The highest BCUT2D eigenvalue weighted by Gasteiger charge is 2.14. The molecule has 0 radical (unpaired) electrons. The quantitative estimate of drug-likeness (QED) is 0.148. The lowest BCUT2D eigenvalue weighted by Crippen LogP contribution is -2.25. The highest BCUT2D eigenvalue weighted by Crippen LogP contribution is 2.07. The van der Waals surface area contributed by atoms with Gasteiger partial charge in [-0.1, -0.05) is 26.7 Å². The van der Waals surface area contributed by atoms with E-state index >= 15 is 0 Å². The van der Waals surface area contributed by atoms with Crippen LogP contribution >= 0.6 is 0 Å². The van der Waals surface area contributed by atoms with E-state index < -0.39 is 0 Å². The Morgan fingerprint density at radius 3 is 1.29 bits per heavy atom. The zero-order chi connectivity index (χ0) is 25.6. The molecule has 0 amide bonds. The summed E-state index contributed by atoms with van der Waals surface area (Å²) in [5.74, 6) is -0.568. The maximum atomic E-state index is 12.0. The SMILES string of the molecule is CCCCOCC(C)OCC(C)OC(=O)CCCCC(=O)OC(C)COC(C)COCCCC. The molecule has 0 fully saturated rings. The Labute approximate surface area is 207 Å². The molecule has 8 heteroatoms. The maximum absolute atomic E-state index is 12.0. The van der Waals surface area contributed by atoms with Gasteiger partial charge in [-0.3, -0.25) is 9.59 Å². The lowest BCUT2D eigenvalue weighted by Gasteiger charge is -2.18. The van der Waals surface area contributed by atoms with Gasteiger partial charge in [-0.15, -0.1) is 0 Å². The molecule has 0 saturated carbocycles. The summed E-state index contributed by atoms with van der Waals surface area (Å²) in [4.78, 5) is 24.0. The molecule has 0 rings (SSSR count). The van der Waals surface area contributed by atoms with Crippen molar-refractivity contribution in [2.24, 2.45) is 0 Å². The van der Waals surface area contributed by atoms with Crippen molar-refractivity contribution < 1.29 is 38.0 Å². The summed E-state index contributed by atoms with van der Waals surface area (Å²) in [7, 11) is 0. The van der Waals surface area contributed by atoms with Gasteiger partial charge in [0.05, 0.1) is 38.6 Å². The number of carbonyl (C=O) groups is 2. The van der Waals surface area contributed by atoms with Crippen LogP contribution in [0.1, 0.15) is 92.9 Å². The second-order valence-electron chi connectivity index (χ2n) is 8.95. The van der Waals surface area contributed by atoms with Gasteiger partial charge in [0.15, 0.2) is 0 Å². The molecule has 4 atom stereocenters. The molecular weight excluding hydrogens is 440 g/mol. The Balaban J connectivity index is 3.76. The first-order valence-electron chi connectivity index (χ1n) is 13.1. The predicted molar refractivity (Wildman–Crippen MR) is 132 cm³/mol. The molecule has 0 heterocycles. The second kappa shape index (κ2) is 22.3. The number of rotatable bonds is 23. The van der Waals surface area contributed by atoms with E-state index in [0.29, 0.717) is 39.3 Å². The molecule has 202 valence electrons. The van der Waals surface area contributed by atoms with Crippen LogP contribution in [0, 0.1) is 0 Å². The normalized spacial score (nSPS) is 14.9. The minimum Gasteiger partial charge on any atom is -0.460 e. The van der Waals surface area contributed by atoms with Gasteiger partial charge in [-0.25, -0.2) is 0 Å². The van der Waals surface area contributed by atoms with Gasteiger partial charge in [0.1, 0.15) is 12.2 Å². The summed E-state index contributed by atoms with van der Waals surface area (Å²) in [5, 5.41) is 0. The Morgan fingerprint density at radius 2 is 0.941 bits per heavy atom. The van der Waals surface area contributed by atoms with Gasteiger partial charge in [0, 0.05) is 26.1 Å². The number of carbonyl (C=O) groups excluding carboxylic acids is 2. The van der Waals surface area contributed by atoms with Crippen molar-refractivity contribution in [2.75, 3.05) is 39.6 Å². The van der Waals surface area contributed by atoms with Gasteiger partial charge >= 0.3 is 11.9 Å². The molecule has 0 aromatic carbocycles. The summed E-state index contributed by atoms with van der Waals surface area (Å²) in [6.45, 7) is 15.0. The topological polar surface area (TPSA) is 89.5 Å². The fourth-order valence-corrected chi connectivity index (χ4v) is 2.86. The first-order valence-corrected chi connectivity index (χ1v) is 13.1. The summed E-state index contributed by atoms with van der Waals surface area (Å²) in [6.07, 6.45) is 5.23. The smallest absolute Gasteiger partial charge is 0.306 e. The third kappa shape index (κ3) is 21.3. The van der Waals surface area contributed by atoms with E-state index in [0.717, 1.165) is 38.9 Å². The third-order valence-corrected chi connectivity index (χ3v) is 4.90. The Morgan fingerprint density at radius 1 is 0.559 bits per heavy atom. The van der Waals surface area contributed by atoms with Crippen LogP contribution in [0.3, 0.4) is 0 Å². The van der Waals surface area contributed by atoms with Crippen LogP contribution in [0.25, 0.3) is 0 Å². The molecule has 0 aromatic heterocycles. The molecule has 0 bridgehead atoms. The maximum Gasteiger partial charge on any atom is 0.306 e. The summed E-state index contributed by atoms with van der Waals surface area (Å²) < 4.78 is 33.1. The summed E-state index contributed by atoms with van der Waals surface area (Å²) in [6, 6.07) is 0. The number of hydrogen-bond acceptors (Lipinski definition) is 8. The lowest BCUT2D eigenvalue weighted by molar-refractivity contribution is -0.154. The minimum absolute atomic E-state index is 0.0425. The predicted octanol–water partition coefficient (Wildman–Crippen LogP) is 4.85. The number of ether oxygens (including phenoxy) is 6. The van der Waals surface area contributed by atoms with Gasteiger partial charge in [-0.2, -0.15) is 0 Å². The average molecular weight is 491 g/mol. The van der Waals surface area contributed by atoms with E-state index in [2.05, 4.69) is 13.8 Å². The van der Waals surface area contributed by atoms with Crippen molar-refractivity contribution in [2.45, 2.75) is 117 Å². The summed E-state index contributed by atoms with van der Waals surface area (Å²) in [5.41, 5.74) is 0. The molecular formula is C26H50O8. The van der Waals surface area contributed by atoms with Crippen LogP contribution in [0.15, 0.2) is 0 Å². The monoisotopic (exact) mass is 490 g/mol.